The minimum absolute atomic E-state index is 0.0697. The molecule has 7 heteroatoms. The summed E-state index contributed by atoms with van der Waals surface area (Å²) in [6, 6.07) is 12.9. The fourth-order valence-electron chi connectivity index (χ4n) is 4.80. The third-order valence-corrected chi connectivity index (χ3v) is 6.93. The number of carbonyl (C=O) groups excluding carboxylic acids is 2. The molecule has 3 heterocycles. The zero-order valence-electron chi connectivity index (χ0n) is 18.8. The molecular formula is C26H31FN2O4. The molecule has 33 heavy (non-hydrogen) atoms. The lowest BCUT2D eigenvalue weighted by Gasteiger charge is -2.41. The van der Waals surface area contributed by atoms with Gasteiger partial charge < -0.3 is 19.6 Å². The van der Waals surface area contributed by atoms with Crippen molar-refractivity contribution in [1.82, 2.24) is 9.80 Å². The van der Waals surface area contributed by atoms with E-state index in [1.54, 1.807) is 23.1 Å². The molecule has 1 N–H and O–H groups in total. The third-order valence-electron chi connectivity index (χ3n) is 6.93. The van der Waals surface area contributed by atoms with Crippen molar-refractivity contribution in [2.24, 2.45) is 5.41 Å². The first kappa shape index (κ1) is 23.2. The molecule has 2 amide bonds. The van der Waals surface area contributed by atoms with Crippen LogP contribution in [0, 0.1) is 11.2 Å². The maximum absolute atomic E-state index is 13.7. The van der Waals surface area contributed by atoms with Crippen LogP contribution in [0.4, 0.5) is 4.39 Å². The lowest BCUT2D eigenvalue weighted by atomic mass is 9.75. The van der Waals surface area contributed by atoms with Crippen molar-refractivity contribution in [3.63, 3.8) is 0 Å². The maximum Gasteiger partial charge on any atom is 0.257 e. The summed E-state index contributed by atoms with van der Waals surface area (Å²) in [4.78, 5) is 29.8. The fourth-order valence-corrected chi connectivity index (χ4v) is 4.80. The molecule has 0 aromatic heterocycles. The monoisotopic (exact) mass is 454 g/mol. The molecule has 0 atom stereocenters. The van der Waals surface area contributed by atoms with Crippen LogP contribution < -0.4 is 4.74 Å². The fraction of sp³-hybridized carbons (Fsp3) is 0.462. The quantitative estimate of drug-likeness (QED) is 0.751. The second-order valence-corrected chi connectivity index (χ2v) is 9.05. The Morgan fingerprint density at radius 1 is 1.00 bits per heavy atom. The van der Waals surface area contributed by atoms with Gasteiger partial charge in [-0.3, -0.25) is 9.59 Å². The highest BCUT2D eigenvalue weighted by Crippen LogP contribution is 2.37. The predicted molar refractivity (Wildman–Crippen MR) is 123 cm³/mol. The smallest absolute Gasteiger partial charge is 0.257 e. The van der Waals surface area contributed by atoms with Crippen molar-refractivity contribution in [2.75, 3.05) is 39.4 Å². The lowest BCUT2D eigenvalue weighted by Crippen LogP contribution is -2.44. The Morgan fingerprint density at radius 3 is 2.55 bits per heavy atom. The van der Waals surface area contributed by atoms with Gasteiger partial charge >= 0.3 is 0 Å². The largest absolute Gasteiger partial charge is 0.491 e. The Labute approximate surface area is 194 Å². The summed E-state index contributed by atoms with van der Waals surface area (Å²) in [5.41, 5.74) is 0.623. The Morgan fingerprint density at radius 2 is 1.79 bits per heavy atom. The number of aliphatic hydroxyl groups is 1. The molecule has 6 nitrogen and oxygen atoms in total. The van der Waals surface area contributed by atoms with E-state index < -0.39 is 5.82 Å². The van der Waals surface area contributed by atoms with Gasteiger partial charge in [-0.15, -0.1) is 0 Å². The van der Waals surface area contributed by atoms with Gasteiger partial charge in [0.15, 0.2) is 0 Å². The van der Waals surface area contributed by atoms with Crippen molar-refractivity contribution >= 4 is 11.8 Å². The number of rotatable bonds is 2. The molecule has 2 aromatic rings. The van der Waals surface area contributed by atoms with E-state index in [4.69, 9.17) is 4.74 Å². The van der Waals surface area contributed by atoms with Gasteiger partial charge in [0.2, 0.25) is 0 Å². The molecule has 1 saturated heterocycles. The van der Waals surface area contributed by atoms with E-state index >= 15 is 0 Å². The first-order valence-corrected chi connectivity index (χ1v) is 11.7. The molecule has 3 aliphatic heterocycles. The maximum atomic E-state index is 13.7. The van der Waals surface area contributed by atoms with Crippen LogP contribution >= 0.6 is 0 Å². The van der Waals surface area contributed by atoms with Crippen molar-refractivity contribution in [1.29, 1.82) is 0 Å². The number of piperidine rings is 1. The van der Waals surface area contributed by atoms with E-state index in [1.807, 2.05) is 17.0 Å². The van der Waals surface area contributed by atoms with Crippen LogP contribution in [0.25, 0.3) is 0 Å². The average molecular weight is 455 g/mol. The van der Waals surface area contributed by atoms with Crippen molar-refractivity contribution < 1.29 is 23.8 Å². The van der Waals surface area contributed by atoms with E-state index in [1.165, 1.54) is 18.2 Å². The zero-order valence-corrected chi connectivity index (χ0v) is 18.8. The molecule has 2 aromatic carbocycles. The van der Waals surface area contributed by atoms with E-state index in [0.29, 0.717) is 43.1 Å². The summed E-state index contributed by atoms with van der Waals surface area (Å²) in [5, 5.41) is 10.1. The molecule has 2 bridgehead atoms. The normalized spacial score (nSPS) is 19.3. The molecule has 0 saturated carbocycles. The van der Waals surface area contributed by atoms with Gasteiger partial charge in [0.05, 0.1) is 12.1 Å². The predicted octanol–water partition coefficient (Wildman–Crippen LogP) is 3.75. The molecule has 176 valence electrons. The second-order valence-electron chi connectivity index (χ2n) is 9.05. The number of carbonyl (C=O) groups is 2. The standard InChI is InChI=1S/C26H31FN2O4/c27-21-7-5-6-20(18-21)24(31)28-13-4-3-10-26(19-30)11-14-29(15-12-26)25(32)22-8-1-2-9-23(22)33-17-16-28/h1-2,5-9,18,30H,3-4,10-17,19H2. The van der Waals surface area contributed by atoms with Crippen LogP contribution in [0.15, 0.2) is 48.5 Å². The number of benzene rings is 2. The summed E-state index contributed by atoms with van der Waals surface area (Å²) in [7, 11) is 0. The summed E-state index contributed by atoms with van der Waals surface area (Å²) in [6.45, 7) is 2.39. The Bertz CT molecular complexity index is 988. The van der Waals surface area contributed by atoms with Gasteiger partial charge in [-0.2, -0.15) is 0 Å². The van der Waals surface area contributed by atoms with Crippen molar-refractivity contribution in [3.8, 4) is 5.75 Å². The van der Waals surface area contributed by atoms with Gasteiger partial charge in [-0.1, -0.05) is 24.6 Å². The summed E-state index contributed by atoms with van der Waals surface area (Å²) >= 11 is 0. The molecule has 0 spiro atoms. The second kappa shape index (κ2) is 10.3. The van der Waals surface area contributed by atoms with Crippen LogP contribution in [0.1, 0.15) is 52.8 Å². The van der Waals surface area contributed by atoms with E-state index in [0.717, 1.165) is 32.1 Å². The van der Waals surface area contributed by atoms with Crippen molar-refractivity contribution in [3.05, 3.63) is 65.5 Å². The number of hydrogen-bond acceptors (Lipinski definition) is 4. The van der Waals surface area contributed by atoms with Gasteiger partial charge in [0.1, 0.15) is 18.2 Å². The SMILES string of the molecule is O=C(c1cccc(F)c1)N1CCCCC2(CO)CCN(CC2)C(=O)c2ccccc2OCC1. The molecule has 1 fully saturated rings. The molecule has 3 aliphatic rings. The number of fused-ring (bicyclic) bond motifs is 9. The van der Waals surface area contributed by atoms with Crippen LogP contribution in [0.5, 0.6) is 5.75 Å². The summed E-state index contributed by atoms with van der Waals surface area (Å²) < 4.78 is 19.7. The Hall–Kier alpha value is -2.93. The van der Waals surface area contributed by atoms with Crippen LogP contribution in [0.2, 0.25) is 0 Å². The number of aliphatic hydroxyl groups excluding tert-OH is 1. The number of ether oxygens (including phenoxy) is 1. The zero-order chi connectivity index (χ0) is 23.3. The van der Waals surface area contributed by atoms with Crippen LogP contribution in [-0.2, 0) is 0 Å². The highest BCUT2D eigenvalue weighted by atomic mass is 19.1. The Balaban J connectivity index is 1.57. The summed E-state index contributed by atoms with van der Waals surface area (Å²) in [5.74, 6) is -0.261. The number of nitrogens with zero attached hydrogens (tertiary/aromatic N) is 2. The van der Waals surface area contributed by atoms with E-state index in [2.05, 4.69) is 0 Å². The summed E-state index contributed by atoms with van der Waals surface area (Å²) in [6.07, 6.45) is 4.00. The van der Waals surface area contributed by atoms with Crippen molar-refractivity contribution in [2.45, 2.75) is 32.1 Å². The van der Waals surface area contributed by atoms with Crippen LogP contribution in [-0.4, -0.2) is 66.1 Å². The lowest BCUT2D eigenvalue weighted by molar-refractivity contribution is 0.0297. The highest BCUT2D eigenvalue weighted by Gasteiger charge is 2.36. The van der Waals surface area contributed by atoms with Gasteiger partial charge in [-0.25, -0.2) is 4.39 Å². The van der Waals surface area contributed by atoms with Gasteiger partial charge in [-0.05, 0) is 61.4 Å². The number of amides is 2. The minimum atomic E-state index is -0.446. The number of para-hydroxylation sites is 1. The highest BCUT2D eigenvalue weighted by molar-refractivity contribution is 5.97. The molecule has 0 aliphatic carbocycles. The number of halogens is 1. The van der Waals surface area contributed by atoms with E-state index in [9.17, 15) is 19.1 Å². The number of hydrogen-bond donors (Lipinski definition) is 1. The Kier molecular flexibility index (Phi) is 7.28. The van der Waals surface area contributed by atoms with Crippen LogP contribution in [0.3, 0.4) is 0 Å². The molecule has 0 radical (unpaired) electrons. The first-order valence-electron chi connectivity index (χ1n) is 11.7. The minimum Gasteiger partial charge on any atom is -0.491 e. The molecule has 5 rings (SSSR count). The molecule has 0 unspecified atom stereocenters. The molecular weight excluding hydrogens is 423 g/mol. The average Bonchev–Trinajstić information content (AvgIpc) is 2.85. The first-order chi connectivity index (χ1) is 16.0. The van der Waals surface area contributed by atoms with Gasteiger partial charge in [0, 0.05) is 31.8 Å². The third kappa shape index (κ3) is 5.36. The van der Waals surface area contributed by atoms with E-state index in [-0.39, 0.29) is 30.4 Å². The topological polar surface area (TPSA) is 70.1 Å². The van der Waals surface area contributed by atoms with Gasteiger partial charge in [0.25, 0.3) is 11.8 Å².